The molecular weight excluding hydrogens is 268 g/mol. The van der Waals surface area contributed by atoms with Crippen molar-refractivity contribution >= 4 is 11.6 Å². The third kappa shape index (κ3) is 3.55. The molecule has 2 fully saturated rings. The summed E-state index contributed by atoms with van der Waals surface area (Å²) in [6.45, 7) is 3.45. The number of nitrogens with two attached hydrogens (primary N) is 1. The molecule has 2 unspecified atom stereocenters. The Morgan fingerprint density at radius 2 is 2.00 bits per heavy atom. The molecule has 110 valence electrons. The Labute approximate surface area is 127 Å². The molecule has 2 aliphatic rings. The predicted molar refractivity (Wildman–Crippen MR) is 85.2 cm³/mol. The van der Waals surface area contributed by atoms with E-state index in [9.17, 15) is 0 Å². The topological polar surface area (TPSA) is 29.3 Å². The number of hydrogen-bond acceptors (Lipinski definition) is 2. The lowest BCUT2D eigenvalue weighted by Crippen LogP contribution is -2.47. The van der Waals surface area contributed by atoms with Gasteiger partial charge in [0, 0.05) is 30.7 Å². The zero-order chi connectivity index (χ0) is 13.9. The first-order valence-electron chi connectivity index (χ1n) is 7.94. The highest BCUT2D eigenvalue weighted by Gasteiger charge is 2.28. The highest BCUT2D eigenvalue weighted by molar-refractivity contribution is 6.30. The molecule has 1 heterocycles. The first kappa shape index (κ1) is 14.4. The number of halogens is 1. The number of benzene rings is 1. The zero-order valence-electron chi connectivity index (χ0n) is 12.1. The van der Waals surface area contributed by atoms with Crippen LogP contribution in [0.25, 0.3) is 0 Å². The van der Waals surface area contributed by atoms with E-state index in [4.69, 9.17) is 17.3 Å². The van der Waals surface area contributed by atoms with Crippen LogP contribution in [0.4, 0.5) is 0 Å². The Morgan fingerprint density at radius 3 is 2.75 bits per heavy atom. The molecule has 0 bridgehead atoms. The summed E-state index contributed by atoms with van der Waals surface area (Å²) in [7, 11) is 0. The van der Waals surface area contributed by atoms with Gasteiger partial charge in [-0.05, 0) is 48.8 Å². The van der Waals surface area contributed by atoms with Gasteiger partial charge in [-0.15, -0.1) is 0 Å². The van der Waals surface area contributed by atoms with Gasteiger partial charge in [-0.2, -0.15) is 0 Å². The van der Waals surface area contributed by atoms with Crippen molar-refractivity contribution < 1.29 is 0 Å². The minimum atomic E-state index is 0.300. The summed E-state index contributed by atoms with van der Waals surface area (Å²) in [5, 5.41) is 0.837. The molecule has 0 amide bonds. The third-order valence-corrected chi connectivity index (χ3v) is 5.10. The summed E-state index contributed by atoms with van der Waals surface area (Å²) in [6.07, 6.45) is 6.74. The first-order valence-corrected chi connectivity index (χ1v) is 8.32. The molecule has 2 N–H and O–H groups in total. The number of nitrogens with zero attached hydrogens (tertiary/aromatic N) is 1. The fourth-order valence-corrected chi connectivity index (χ4v) is 4.14. The normalized spacial score (nSPS) is 28.9. The van der Waals surface area contributed by atoms with Gasteiger partial charge in [0.25, 0.3) is 0 Å². The van der Waals surface area contributed by atoms with Crippen molar-refractivity contribution in [3.63, 3.8) is 0 Å². The Bertz CT molecular complexity index is 442. The van der Waals surface area contributed by atoms with Crippen molar-refractivity contribution in [2.45, 2.75) is 44.1 Å². The molecule has 0 aromatic heterocycles. The lowest BCUT2D eigenvalue weighted by Gasteiger charge is -2.38. The maximum absolute atomic E-state index is 6.29. The number of likely N-dealkylation sites (tertiary alicyclic amines) is 1. The van der Waals surface area contributed by atoms with Crippen molar-refractivity contribution in [3.05, 3.63) is 34.9 Å². The van der Waals surface area contributed by atoms with E-state index in [2.05, 4.69) is 23.1 Å². The molecule has 3 heteroatoms. The molecular formula is C17H25ClN2. The van der Waals surface area contributed by atoms with Crippen molar-refractivity contribution in [2.24, 2.45) is 11.7 Å². The lowest BCUT2D eigenvalue weighted by atomic mass is 9.88. The van der Waals surface area contributed by atoms with Crippen LogP contribution < -0.4 is 5.73 Å². The molecule has 3 rings (SSSR count). The van der Waals surface area contributed by atoms with Gasteiger partial charge >= 0.3 is 0 Å². The summed E-state index contributed by atoms with van der Waals surface area (Å²) in [5.41, 5.74) is 7.64. The first-order chi connectivity index (χ1) is 9.70. The van der Waals surface area contributed by atoms with Gasteiger partial charge in [-0.3, -0.25) is 0 Å². The molecule has 1 aromatic carbocycles. The van der Waals surface area contributed by atoms with Crippen LogP contribution in [0, 0.1) is 5.92 Å². The summed E-state index contributed by atoms with van der Waals surface area (Å²) < 4.78 is 0. The van der Waals surface area contributed by atoms with Crippen LogP contribution in [-0.2, 0) is 0 Å². The minimum Gasteiger partial charge on any atom is -0.327 e. The van der Waals surface area contributed by atoms with E-state index in [-0.39, 0.29) is 0 Å². The SMILES string of the molecule is NC1CC(c2cccc(Cl)c2)CN(CC2CCCC2)C1. The second kappa shape index (κ2) is 6.46. The largest absolute Gasteiger partial charge is 0.327 e. The van der Waals surface area contributed by atoms with Gasteiger partial charge in [0.2, 0.25) is 0 Å². The summed E-state index contributed by atoms with van der Waals surface area (Å²) in [5.74, 6) is 1.44. The Balaban J connectivity index is 1.66. The van der Waals surface area contributed by atoms with E-state index in [0.29, 0.717) is 12.0 Å². The second-order valence-electron chi connectivity index (χ2n) is 6.62. The quantitative estimate of drug-likeness (QED) is 0.921. The summed E-state index contributed by atoms with van der Waals surface area (Å²) in [4.78, 5) is 2.59. The van der Waals surface area contributed by atoms with E-state index in [0.717, 1.165) is 30.5 Å². The van der Waals surface area contributed by atoms with Crippen LogP contribution >= 0.6 is 11.6 Å². The van der Waals surface area contributed by atoms with E-state index in [1.165, 1.54) is 37.8 Å². The molecule has 20 heavy (non-hydrogen) atoms. The van der Waals surface area contributed by atoms with Crippen molar-refractivity contribution in [1.82, 2.24) is 4.90 Å². The van der Waals surface area contributed by atoms with Gasteiger partial charge in [-0.25, -0.2) is 0 Å². The average Bonchev–Trinajstić information content (AvgIpc) is 2.91. The number of rotatable bonds is 3. The van der Waals surface area contributed by atoms with Crippen molar-refractivity contribution in [2.75, 3.05) is 19.6 Å². The van der Waals surface area contributed by atoms with Gasteiger partial charge in [-0.1, -0.05) is 36.6 Å². The van der Waals surface area contributed by atoms with Crippen LogP contribution in [-0.4, -0.2) is 30.6 Å². The average molecular weight is 293 g/mol. The lowest BCUT2D eigenvalue weighted by molar-refractivity contribution is 0.164. The fourth-order valence-electron chi connectivity index (χ4n) is 3.94. The molecule has 1 aromatic rings. The molecule has 0 spiro atoms. The van der Waals surface area contributed by atoms with Gasteiger partial charge in [0.1, 0.15) is 0 Å². The minimum absolute atomic E-state index is 0.300. The summed E-state index contributed by atoms with van der Waals surface area (Å²) in [6, 6.07) is 8.61. The maximum Gasteiger partial charge on any atom is 0.0408 e. The van der Waals surface area contributed by atoms with Gasteiger partial charge < -0.3 is 10.6 Å². The standard InChI is InChI=1S/C17H25ClN2/c18-16-7-3-6-14(8-16)15-9-17(19)12-20(11-15)10-13-4-1-2-5-13/h3,6-8,13,15,17H,1-2,4-5,9-12,19H2. The molecule has 1 aliphatic carbocycles. The molecule has 2 atom stereocenters. The third-order valence-electron chi connectivity index (χ3n) is 4.87. The Morgan fingerprint density at radius 1 is 1.20 bits per heavy atom. The highest BCUT2D eigenvalue weighted by atomic mass is 35.5. The van der Waals surface area contributed by atoms with E-state index >= 15 is 0 Å². The molecule has 1 saturated carbocycles. The number of hydrogen-bond donors (Lipinski definition) is 1. The Kier molecular flexibility index (Phi) is 4.65. The van der Waals surface area contributed by atoms with Crippen LogP contribution in [0.15, 0.2) is 24.3 Å². The van der Waals surface area contributed by atoms with Crippen LogP contribution in [0.3, 0.4) is 0 Å². The molecule has 0 radical (unpaired) electrons. The maximum atomic E-state index is 6.29. The van der Waals surface area contributed by atoms with Crippen LogP contribution in [0.2, 0.25) is 5.02 Å². The zero-order valence-corrected chi connectivity index (χ0v) is 12.9. The van der Waals surface area contributed by atoms with Gasteiger partial charge in [0.15, 0.2) is 0 Å². The van der Waals surface area contributed by atoms with Crippen LogP contribution in [0.5, 0.6) is 0 Å². The van der Waals surface area contributed by atoms with E-state index < -0.39 is 0 Å². The van der Waals surface area contributed by atoms with E-state index in [1.807, 2.05) is 6.07 Å². The summed E-state index contributed by atoms with van der Waals surface area (Å²) >= 11 is 6.13. The van der Waals surface area contributed by atoms with Crippen molar-refractivity contribution in [3.8, 4) is 0 Å². The number of piperidine rings is 1. The fraction of sp³-hybridized carbons (Fsp3) is 0.647. The smallest absolute Gasteiger partial charge is 0.0408 e. The highest BCUT2D eigenvalue weighted by Crippen LogP contribution is 2.31. The van der Waals surface area contributed by atoms with Crippen LogP contribution in [0.1, 0.15) is 43.6 Å². The monoisotopic (exact) mass is 292 g/mol. The van der Waals surface area contributed by atoms with Gasteiger partial charge in [0.05, 0.1) is 0 Å². The predicted octanol–water partition coefficient (Wildman–Crippen LogP) is 3.65. The van der Waals surface area contributed by atoms with Crippen molar-refractivity contribution in [1.29, 1.82) is 0 Å². The molecule has 1 aliphatic heterocycles. The second-order valence-corrected chi connectivity index (χ2v) is 7.05. The van der Waals surface area contributed by atoms with E-state index in [1.54, 1.807) is 0 Å². The Hall–Kier alpha value is -0.570. The molecule has 2 nitrogen and oxygen atoms in total. The molecule has 1 saturated heterocycles.